The largest absolute Gasteiger partial charge is 0.297 e. The summed E-state index contributed by atoms with van der Waals surface area (Å²) in [6, 6.07) is 0. The van der Waals surface area contributed by atoms with E-state index in [1.807, 2.05) is 0 Å². The predicted octanol–water partition coefficient (Wildman–Crippen LogP) is 3.50. The second kappa shape index (κ2) is 5.99. The van der Waals surface area contributed by atoms with Crippen molar-refractivity contribution < 1.29 is 0 Å². The van der Waals surface area contributed by atoms with E-state index in [2.05, 4.69) is 22.2 Å². The molecule has 0 atom stereocenters. The van der Waals surface area contributed by atoms with Crippen LogP contribution in [0, 0.1) is 5.92 Å². The Balaban J connectivity index is 1.84. The Kier molecular flexibility index (Phi) is 4.62. The monoisotopic (exact) mass is 258 g/mol. The minimum Gasteiger partial charge on any atom is -0.297 e. The minimum absolute atomic E-state index is 0.533. The molecular weight excluding hydrogens is 240 g/mol. The lowest BCUT2D eigenvalue weighted by molar-refractivity contribution is 0.178. The van der Waals surface area contributed by atoms with Crippen LogP contribution < -0.4 is 0 Å². The number of nitrogens with zero attached hydrogens (tertiary/aromatic N) is 2. The van der Waals surface area contributed by atoms with E-state index >= 15 is 0 Å². The fourth-order valence-corrected chi connectivity index (χ4v) is 3.08. The van der Waals surface area contributed by atoms with Crippen molar-refractivity contribution in [1.82, 2.24) is 9.88 Å². The van der Waals surface area contributed by atoms with Crippen LogP contribution >= 0.6 is 22.9 Å². The van der Waals surface area contributed by atoms with E-state index in [1.54, 1.807) is 11.3 Å². The lowest BCUT2D eigenvalue weighted by Crippen LogP contribution is -2.32. The molecule has 1 fully saturated rings. The molecule has 0 aromatic carbocycles. The first kappa shape index (κ1) is 12.3. The highest BCUT2D eigenvalue weighted by molar-refractivity contribution is 7.09. The average Bonchev–Trinajstić information content (AvgIpc) is 2.69. The number of aromatic nitrogens is 1. The first-order valence-corrected chi connectivity index (χ1v) is 7.44. The zero-order valence-corrected chi connectivity index (χ0v) is 11.4. The zero-order chi connectivity index (χ0) is 11.4. The summed E-state index contributed by atoms with van der Waals surface area (Å²) in [5, 5.41) is 3.27. The molecule has 0 N–H and O–H groups in total. The van der Waals surface area contributed by atoms with Gasteiger partial charge in [0.2, 0.25) is 0 Å². The highest BCUT2D eigenvalue weighted by atomic mass is 35.5. The molecule has 0 amide bonds. The number of thiazole rings is 1. The molecule has 2 rings (SSSR count). The summed E-state index contributed by atoms with van der Waals surface area (Å²) in [4.78, 5) is 7.01. The van der Waals surface area contributed by atoms with Crippen LogP contribution in [0.3, 0.4) is 0 Å². The van der Waals surface area contributed by atoms with Crippen molar-refractivity contribution in [3.8, 4) is 0 Å². The maximum absolute atomic E-state index is 5.76. The van der Waals surface area contributed by atoms with Crippen molar-refractivity contribution in [3.05, 3.63) is 16.1 Å². The summed E-state index contributed by atoms with van der Waals surface area (Å²) < 4.78 is 0. The molecule has 16 heavy (non-hydrogen) atoms. The van der Waals surface area contributed by atoms with Crippen LogP contribution in [0.2, 0.25) is 0 Å². The van der Waals surface area contributed by atoms with Gasteiger partial charge in [-0.3, -0.25) is 4.90 Å². The Labute approximate surface area is 107 Å². The highest BCUT2D eigenvalue weighted by Crippen LogP contribution is 2.27. The molecule has 1 aliphatic carbocycles. The van der Waals surface area contributed by atoms with Gasteiger partial charge in [-0.05, 0) is 25.3 Å². The van der Waals surface area contributed by atoms with E-state index in [9.17, 15) is 0 Å². The molecule has 1 aromatic heterocycles. The SMILES string of the molecule is CCN(Cc1nc(CCl)cs1)CC1CCC1. The number of rotatable bonds is 6. The third-order valence-corrected chi connectivity index (χ3v) is 4.44. The van der Waals surface area contributed by atoms with Gasteiger partial charge in [-0.2, -0.15) is 0 Å². The smallest absolute Gasteiger partial charge is 0.107 e. The van der Waals surface area contributed by atoms with E-state index in [0.29, 0.717) is 5.88 Å². The molecule has 0 spiro atoms. The second-order valence-corrected chi connectivity index (χ2v) is 5.70. The Morgan fingerprint density at radius 2 is 2.38 bits per heavy atom. The first-order valence-electron chi connectivity index (χ1n) is 6.03. The van der Waals surface area contributed by atoms with Gasteiger partial charge in [-0.15, -0.1) is 22.9 Å². The van der Waals surface area contributed by atoms with Gasteiger partial charge in [0.15, 0.2) is 0 Å². The fraction of sp³-hybridized carbons (Fsp3) is 0.750. The first-order chi connectivity index (χ1) is 7.81. The van der Waals surface area contributed by atoms with Gasteiger partial charge in [0.05, 0.1) is 18.1 Å². The summed E-state index contributed by atoms with van der Waals surface area (Å²) in [6.07, 6.45) is 4.26. The van der Waals surface area contributed by atoms with Gasteiger partial charge >= 0.3 is 0 Å². The summed E-state index contributed by atoms with van der Waals surface area (Å²) in [6.45, 7) is 5.59. The van der Waals surface area contributed by atoms with Gasteiger partial charge in [0.25, 0.3) is 0 Å². The molecule has 1 aromatic rings. The van der Waals surface area contributed by atoms with Gasteiger partial charge in [-0.25, -0.2) is 4.98 Å². The summed E-state index contributed by atoms with van der Waals surface area (Å²) in [5.41, 5.74) is 1.02. The van der Waals surface area contributed by atoms with Crippen LogP contribution in [0.5, 0.6) is 0 Å². The summed E-state index contributed by atoms with van der Waals surface area (Å²) in [5.74, 6) is 1.47. The third-order valence-electron chi connectivity index (χ3n) is 3.28. The minimum atomic E-state index is 0.533. The van der Waals surface area contributed by atoms with Crippen molar-refractivity contribution in [2.45, 2.75) is 38.6 Å². The Bertz CT molecular complexity index is 323. The van der Waals surface area contributed by atoms with Crippen molar-refractivity contribution in [2.24, 2.45) is 5.92 Å². The maximum Gasteiger partial charge on any atom is 0.107 e. The van der Waals surface area contributed by atoms with Crippen molar-refractivity contribution in [2.75, 3.05) is 13.1 Å². The highest BCUT2D eigenvalue weighted by Gasteiger charge is 2.20. The molecule has 0 saturated heterocycles. The van der Waals surface area contributed by atoms with E-state index < -0.39 is 0 Å². The second-order valence-electron chi connectivity index (χ2n) is 4.49. The summed E-state index contributed by atoms with van der Waals surface area (Å²) in [7, 11) is 0. The number of alkyl halides is 1. The molecule has 0 aliphatic heterocycles. The molecule has 1 aliphatic rings. The topological polar surface area (TPSA) is 16.1 Å². The standard InChI is InChI=1S/C12H19ClN2S/c1-2-15(7-10-4-3-5-10)8-12-14-11(6-13)9-16-12/h9-10H,2-8H2,1H3. The van der Waals surface area contributed by atoms with Crippen LogP contribution in [0.1, 0.15) is 36.9 Å². The molecule has 1 saturated carbocycles. The van der Waals surface area contributed by atoms with Crippen molar-refractivity contribution >= 4 is 22.9 Å². The third kappa shape index (κ3) is 3.19. The van der Waals surface area contributed by atoms with Gasteiger partial charge < -0.3 is 0 Å². The van der Waals surface area contributed by atoms with Crippen LogP contribution in [0.15, 0.2) is 5.38 Å². The predicted molar refractivity (Wildman–Crippen MR) is 70.0 cm³/mol. The van der Waals surface area contributed by atoms with E-state index in [1.165, 1.54) is 30.8 Å². The maximum atomic E-state index is 5.76. The Morgan fingerprint density at radius 3 is 2.88 bits per heavy atom. The molecule has 1 heterocycles. The average molecular weight is 259 g/mol. The molecule has 0 radical (unpaired) electrons. The fourth-order valence-electron chi connectivity index (χ4n) is 2.02. The lowest BCUT2D eigenvalue weighted by atomic mass is 9.85. The lowest BCUT2D eigenvalue weighted by Gasteiger charge is -2.31. The normalized spacial score (nSPS) is 16.7. The van der Waals surface area contributed by atoms with Crippen LogP contribution in [0.4, 0.5) is 0 Å². The molecule has 0 unspecified atom stereocenters. The van der Waals surface area contributed by atoms with Crippen LogP contribution in [-0.4, -0.2) is 23.0 Å². The molecule has 4 heteroatoms. The molecule has 90 valence electrons. The quantitative estimate of drug-likeness (QED) is 0.726. The van der Waals surface area contributed by atoms with Crippen LogP contribution in [-0.2, 0) is 12.4 Å². The molecule has 0 bridgehead atoms. The van der Waals surface area contributed by atoms with Crippen molar-refractivity contribution in [3.63, 3.8) is 0 Å². The number of hydrogen-bond donors (Lipinski definition) is 0. The van der Waals surface area contributed by atoms with E-state index in [0.717, 1.165) is 24.7 Å². The Morgan fingerprint density at radius 1 is 1.56 bits per heavy atom. The summed E-state index contributed by atoms with van der Waals surface area (Å²) >= 11 is 7.49. The van der Waals surface area contributed by atoms with E-state index in [-0.39, 0.29) is 0 Å². The Hall–Kier alpha value is -0.120. The van der Waals surface area contributed by atoms with E-state index in [4.69, 9.17) is 11.6 Å². The zero-order valence-electron chi connectivity index (χ0n) is 9.79. The van der Waals surface area contributed by atoms with Gasteiger partial charge in [0.1, 0.15) is 5.01 Å². The number of halogens is 1. The molecule has 2 nitrogen and oxygen atoms in total. The van der Waals surface area contributed by atoms with Crippen molar-refractivity contribution in [1.29, 1.82) is 0 Å². The van der Waals surface area contributed by atoms with Crippen LogP contribution in [0.25, 0.3) is 0 Å². The molecular formula is C12H19ClN2S. The van der Waals surface area contributed by atoms with Gasteiger partial charge in [0, 0.05) is 11.9 Å². The van der Waals surface area contributed by atoms with Gasteiger partial charge in [-0.1, -0.05) is 13.3 Å². The number of hydrogen-bond acceptors (Lipinski definition) is 3.